The fraction of sp³-hybridized carbons (Fsp3) is 0.500. The standard InChI is InChI=1S/C12H15FO3/c1-8-2-3-9(6-10(8)13)11(14)7-12-15-4-5-16-12/h2-3,6,11-12,14H,4-5,7H2,1H3. The van der Waals surface area contributed by atoms with Crippen LogP contribution >= 0.6 is 0 Å². The first-order valence-corrected chi connectivity index (χ1v) is 5.34. The van der Waals surface area contributed by atoms with Crippen LogP contribution in [0, 0.1) is 12.7 Å². The van der Waals surface area contributed by atoms with Gasteiger partial charge in [0.05, 0.1) is 19.3 Å². The first-order chi connectivity index (χ1) is 7.66. The molecule has 1 fully saturated rings. The highest BCUT2D eigenvalue weighted by atomic mass is 19.1. The van der Waals surface area contributed by atoms with E-state index in [4.69, 9.17) is 9.47 Å². The fourth-order valence-corrected chi connectivity index (χ4v) is 1.68. The van der Waals surface area contributed by atoms with Crippen LogP contribution in [0.25, 0.3) is 0 Å². The van der Waals surface area contributed by atoms with Crippen LogP contribution in [0.3, 0.4) is 0 Å². The van der Waals surface area contributed by atoms with Gasteiger partial charge in [0.15, 0.2) is 6.29 Å². The van der Waals surface area contributed by atoms with Crippen molar-refractivity contribution in [3.8, 4) is 0 Å². The van der Waals surface area contributed by atoms with E-state index < -0.39 is 6.10 Å². The van der Waals surface area contributed by atoms with Crippen molar-refractivity contribution in [2.24, 2.45) is 0 Å². The van der Waals surface area contributed by atoms with E-state index in [-0.39, 0.29) is 12.1 Å². The minimum Gasteiger partial charge on any atom is -0.388 e. The van der Waals surface area contributed by atoms with Crippen LogP contribution in [0.2, 0.25) is 0 Å². The van der Waals surface area contributed by atoms with E-state index in [0.29, 0.717) is 30.8 Å². The Hall–Kier alpha value is -0.970. The first-order valence-electron chi connectivity index (χ1n) is 5.34. The van der Waals surface area contributed by atoms with Gasteiger partial charge >= 0.3 is 0 Å². The van der Waals surface area contributed by atoms with Gasteiger partial charge in [0.2, 0.25) is 0 Å². The summed E-state index contributed by atoms with van der Waals surface area (Å²) in [4.78, 5) is 0. The third-order valence-electron chi connectivity index (χ3n) is 2.69. The number of ether oxygens (including phenoxy) is 2. The second-order valence-electron chi connectivity index (χ2n) is 3.93. The molecule has 0 radical (unpaired) electrons. The van der Waals surface area contributed by atoms with E-state index >= 15 is 0 Å². The quantitative estimate of drug-likeness (QED) is 0.855. The van der Waals surface area contributed by atoms with Gasteiger partial charge in [0, 0.05) is 6.42 Å². The molecule has 0 aromatic heterocycles. The maximum Gasteiger partial charge on any atom is 0.160 e. The molecule has 1 aliphatic rings. The third kappa shape index (κ3) is 2.58. The highest BCUT2D eigenvalue weighted by molar-refractivity contribution is 5.24. The van der Waals surface area contributed by atoms with Crippen LogP contribution in [0.5, 0.6) is 0 Å². The maximum atomic E-state index is 13.3. The van der Waals surface area contributed by atoms with Gasteiger partial charge in [-0.1, -0.05) is 12.1 Å². The molecule has 1 aromatic carbocycles. The summed E-state index contributed by atoms with van der Waals surface area (Å²) in [5.74, 6) is -0.301. The van der Waals surface area contributed by atoms with Crippen LogP contribution in [0.15, 0.2) is 18.2 Å². The third-order valence-corrected chi connectivity index (χ3v) is 2.69. The Kier molecular flexibility index (Phi) is 3.53. The molecule has 1 heterocycles. The summed E-state index contributed by atoms with van der Waals surface area (Å²) in [6, 6.07) is 4.73. The molecule has 1 aromatic rings. The molecule has 2 rings (SSSR count). The van der Waals surface area contributed by atoms with Gasteiger partial charge < -0.3 is 14.6 Å². The normalized spacial score (nSPS) is 18.9. The topological polar surface area (TPSA) is 38.7 Å². The molecule has 1 N–H and O–H groups in total. The number of benzene rings is 1. The van der Waals surface area contributed by atoms with Crippen molar-refractivity contribution in [2.75, 3.05) is 13.2 Å². The Balaban J connectivity index is 2.02. The molecule has 0 aliphatic carbocycles. The van der Waals surface area contributed by atoms with Gasteiger partial charge in [-0.05, 0) is 24.1 Å². The summed E-state index contributed by atoms with van der Waals surface area (Å²) in [7, 11) is 0. The summed E-state index contributed by atoms with van der Waals surface area (Å²) >= 11 is 0. The number of aliphatic hydroxyl groups is 1. The lowest BCUT2D eigenvalue weighted by atomic mass is 10.0. The Morgan fingerprint density at radius 1 is 1.44 bits per heavy atom. The van der Waals surface area contributed by atoms with Crippen LogP contribution < -0.4 is 0 Å². The monoisotopic (exact) mass is 226 g/mol. The maximum absolute atomic E-state index is 13.3. The van der Waals surface area contributed by atoms with E-state index in [1.54, 1.807) is 19.1 Å². The van der Waals surface area contributed by atoms with Gasteiger partial charge in [-0.25, -0.2) is 4.39 Å². The fourth-order valence-electron chi connectivity index (χ4n) is 1.68. The van der Waals surface area contributed by atoms with Crippen LogP contribution in [-0.4, -0.2) is 24.6 Å². The number of halogens is 1. The van der Waals surface area contributed by atoms with Crippen molar-refractivity contribution < 1.29 is 19.0 Å². The Bertz CT molecular complexity index is 361. The summed E-state index contributed by atoms with van der Waals surface area (Å²) < 4.78 is 23.7. The Labute approximate surface area is 93.8 Å². The Morgan fingerprint density at radius 3 is 2.75 bits per heavy atom. The lowest BCUT2D eigenvalue weighted by Crippen LogP contribution is -2.13. The van der Waals surface area contributed by atoms with E-state index in [2.05, 4.69) is 0 Å². The molecule has 4 heteroatoms. The van der Waals surface area contributed by atoms with Gasteiger partial charge in [-0.3, -0.25) is 0 Å². The van der Waals surface area contributed by atoms with Crippen LogP contribution in [0.4, 0.5) is 4.39 Å². The lowest BCUT2D eigenvalue weighted by Gasteiger charge is -2.15. The molecule has 0 saturated carbocycles. The zero-order chi connectivity index (χ0) is 11.5. The molecule has 0 bridgehead atoms. The van der Waals surface area contributed by atoms with Crippen LogP contribution in [-0.2, 0) is 9.47 Å². The largest absolute Gasteiger partial charge is 0.388 e. The summed E-state index contributed by atoms with van der Waals surface area (Å²) in [5, 5.41) is 9.87. The average molecular weight is 226 g/mol. The molecule has 1 saturated heterocycles. The molecule has 3 nitrogen and oxygen atoms in total. The lowest BCUT2D eigenvalue weighted by molar-refractivity contribution is -0.0708. The number of rotatable bonds is 3. The zero-order valence-corrected chi connectivity index (χ0v) is 9.15. The van der Waals surface area contributed by atoms with Gasteiger partial charge in [-0.15, -0.1) is 0 Å². The predicted molar refractivity (Wildman–Crippen MR) is 56.4 cm³/mol. The number of aryl methyl sites for hydroxylation is 1. The molecule has 1 atom stereocenters. The second-order valence-corrected chi connectivity index (χ2v) is 3.93. The van der Waals surface area contributed by atoms with Crippen molar-refractivity contribution in [3.05, 3.63) is 35.1 Å². The molecule has 0 spiro atoms. The molecular formula is C12H15FO3. The van der Waals surface area contributed by atoms with Crippen molar-refractivity contribution in [2.45, 2.75) is 25.7 Å². The molecule has 1 unspecified atom stereocenters. The van der Waals surface area contributed by atoms with Crippen molar-refractivity contribution in [1.29, 1.82) is 0 Å². The van der Waals surface area contributed by atoms with Gasteiger partial charge in [0.25, 0.3) is 0 Å². The summed E-state index contributed by atoms with van der Waals surface area (Å²) in [6.07, 6.45) is -0.791. The molecule has 16 heavy (non-hydrogen) atoms. The van der Waals surface area contributed by atoms with E-state index in [9.17, 15) is 9.50 Å². The van der Waals surface area contributed by atoms with Crippen LogP contribution in [0.1, 0.15) is 23.7 Å². The number of hydrogen-bond acceptors (Lipinski definition) is 3. The van der Waals surface area contributed by atoms with E-state index in [0.717, 1.165) is 0 Å². The first kappa shape index (κ1) is 11.5. The van der Waals surface area contributed by atoms with E-state index in [1.807, 2.05) is 0 Å². The highest BCUT2D eigenvalue weighted by Crippen LogP contribution is 2.23. The minimum atomic E-state index is -0.752. The Morgan fingerprint density at radius 2 is 2.12 bits per heavy atom. The molecule has 1 aliphatic heterocycles. The molecular weight excluding hydrogens is 211 g/mol. The average Bonchev–Trinajstić information content (AvgIpc) is 2.74. The second kappa shape index (κ2) is 4.91. The summed E-state index contributed by atoms with van der Waals surface area (Å²) in [6.45, 7) is 2.80. The van der Waals surface area contributed by atoms with Gasteiger partial charge in [0.1, 0.15) is 5.82 Å². The van der Waals surface area contributed by atoms with Crippen molar-refractivity contribution in [1.82, 2.24) is 0 Å². The smallest absolute Gasteiger partial charge is 0.160 e. The molecule has 88 valence electrons. The number of aliphatic hydroxyl groups excluding tert-OH is 1. The highest BCUT2D eigenvalue weighted by Gasteiger charge is 2.21. The van der Waals surface area contributed by atoms with Crippen molar-refractivity contribution >= 4 is 0 Å². The minimum absolute atomic E-state index is 0.301. The zero-order valence-electron chi connectivity index (χ0n) is 9.15. The summed E-state index contributed by atoms with van der Waals surface area (Å²) in [5.41, 5.74) is 1.13. The van der Waals surface area contributed by atoms with Crippen molar-refractivity contribution in [3.63, 3.8) is 0 Å². The van der Waals surface area contributed by atoms with Gasteiger partial charge in [-0.2, -0.15) is 0 Å². The SMILES string of the molecule is Cc1ccc(C(O)CC2OCCO2)cc1F. The van der Waals surface area contributed by atoms with E-state index in [1.165, 1.54) is 6.07 Å². The number of hydrogen-bond donors (Lipinski definition) is 1. The molecule has 0 amide bonds. The predicted octanol–water partition coefficient (Wildman–Crippen LogP) is 1.93.